The molecule has 0 amide bonds. The van der Waals surface area contributed by atoms with Crippen LogP contribution in [0, 0.1) is 0 Å². The number of rotatable bonds is 12. The van der Waals surface area contributed by atoms with Gasteiger partial charge in [0.1, 0.15) is 42.7 Å². The topological polar surface area (TPSA) is 213 Å². The quantitative estimate of drug-likeness (QED) is 0.145. The van der Waals surface area contributed by atoms with Gasteiger partial charge < -0.3 is 56.8 Å². The molecule has 9 rings (SSSR count). The van der Waals surface area contributed by atoms with E-state index >= 15 is 0 Å². The molecule has 12 atom stereocenters. The van der Waals surface area contributed by atoms with Crippen molar-refractivity contribution in [1.82, 2.24) is 0 Å². The van der Waals surface area contributed by atoms with E-state index in [2.05, 4.69) is 0 Å². The van der Waals surface area contributed by atoms with Crippen LogP contribution >= 0.6 is 0 Å². The molecule has 6 heterocycles. The fourth-order valence-electron chi connectivity index (χ4n) is 8.35. The van der Waals surface area contributed by atoms with E-state index in [0.29, 0.717) is 12.2 Å². The van der Waals surface area contributed by atoms with Gasteiger partial charge in [-0.15, -0.1) is 0 Å². The highest BCUT2D eigenvalue weighted by molar-refractivity contribution is 5.96. The van der Waals surface area contributed by atoms with Crippen LogP contribution in [-0.2, 0) is 56.8 Å². The van der Waals surface area contributed by atoms with Gasteiger partial charge in [0, 0.05) is 12.7 Å². The first-order chi connectivity index (χ1) is 30.0. The molecule has 6 aliphatic heterocycles. The molecule has 18 nitrogen and oxygen atoms in total. The Kier molecular flexibility index (Phi) is 11.9. The van der Waals surface area contributed by atoms with E-state index in [4.69, 9.17) is 56.8 Å². The normalized spacial score (nSPS) is 31.7. The van der Waals surface area contributed by atoms with Crippen LogP contribution in [0.2, 0.25) is 0 Å². The first-order valence-electron chi connectivity index (χ1n) is 20.1. The van der Waals surface area contributed by atoms with Crippen molar-refractivity contribution in [3.05, 3.63) is 106 Å². The van der Waals surface area contributed by atoms with Gasteiger partial charge in [-0.25, -0.2) is 24.0 Å². The van der Waals surface area contributed by atoms with E-state index in [1.807, 2.05) is 0 Å². The molecule has 0 aromatic heterocycles. The van der Waals surface area contributed by atoms with E-state index < -0.39 is 90.9 Å². The average molecular weight is 859 g/mol. The Labute approximate surface area is 353 Å². The van der Waals surface area contributed by atoms with Crippen LogP contribution in [0.5, 0.6) is 0 Å². The van der Waals surface area contributed by atoms with Crippen molar-refractivity contribution in [3.63, 3.8) is 0 Å². The summed E-state index contributed by atoms with van der Waals surface area (Å²) in [6, 6.07) is 17.7. The molecule has 62 heavy (non-hydrogen) atoms. The molecule has 0 spiro atoms. The summed E-state index contributed by atoms with van der Waals surface area (Å²) in [5, 5.41) is 0. The smallest absolute Gasteiger partial charge is 0.338 e. The van der Waals surface area contributed by atoms with E-state index in [1.54, 1.807) is 19.2 Å². The van der Waals surface area contributed by atoms with Crippen LogP contribution < -0.4 is 0 Å². The Hall–Kier alpha value is -5.60. The van der Waals surface area contributed by atoms with Gasteiger partial charge in [-0.05, 0) is 67.6 Å². The second kappa shape index (κ2) is 17.6. The molecule has 6 saturated heterocycles. The molecule has 0 bridgehead atoms. The molecule has 3 aromatic rings. The Bertz CT molecular complexity index is 2190. The van der Waals surface area contributed by atoms with Gasteiger partial charge in [0.2, 0.25) is 0 Å². The largest absolute Gasteiger partial charge is 0.453 e. The summed E-state index contributed by atoms with van der Waals surface area (Å²) < 4.78 is 68.4. The maximum Gasteiger partial charge on any atom is 0.338 e. The fourth-order valence-corrected chi connectivity index (χ4v) is 8.35. The summed E-state index contributed by atoms with van der Waals surface area (Å²) in [7, 11) is 1.57. The molecular formula is C44H42O18. The standard InChI is InChI=1S/C44H42O18/c1-21(45)22-3-5-23(6-4-22)40(46)59-30-17-54-37-31(18-55-36(30)37)60-43(49)26-11-13-27(14-12-26)44(50)62-33-20-57-38-32(19-56-39(33)38)61-42(48)25-9-7-24(8-10-25)41(47)58-29-16-53-34-28(51-2)15-52-35(29)34/h3-14,28-39H,15-20H2,1-2H3/t28-,29+,30-,31+,32+,33-,34?,35?,36?,37?,38?,39?/m0/s1. The van der Waals surface area contributed by atoms with Crippen molar-refractivity contribution < 1.29 is 85.6 Å². The van der Waals surface area contributed by atoms with Crippen molar-refractivity contribution in [2.45, 2.75) is 80.2 Å². The van der Waals surface area contributed by atoms with Crippen molar-refractivity contribution >= 4 is 35.6 Å². The maximum atomic E-state index is 13.1. The molecule has 6 aliphatic rings. The molecule has 0 aliphatic carbocycles. The number of ether oxygens (including phenoxy) is 12. The predicted molar refractivity (Wildman–Crippen MR) is 205 cm³/mol. The number of carbonyl (C=O) groups is 6. The number of methoxy groups -OCH3 is 1. The second-order valence-electron chi connectivity index (χ2n) is 15.6. The zero-order valence-electron chi connectivity index (χ0n) is 33.4. The van der Waals surface area contributed by atoms with E-state index in [0.717, 1.165) is 0 Å². The predicted octanol–water partition coefficient (Wildman–Crippen LogP) is 2.32. The third-order valence-electron chi connectivity index (χ3n) is 11.7. The molecule has 18 heteroatoms. The number of benzene rings is 3. The Morgan fingerprint density at radius 3 is 0.758 bits per heavy atom. The number of ketones is 1. The summed E-state index contributed by atoms with van der Waals surface area (Å²) in [5.41, 5.74) is 1.50. The van der Waals surface area contributed by atoms with Gasteiger partial charge in [-0.1, -0.05) is 12.1 Å². The monoisotopic (exact) mass is 858 g/mol. The van der Waals surface area contributed by atoms with Gasteiger partial charge in [-0.2, -0.15) is 0 Å². The summed E-state index contributed by atoms with van der Waals surface area (Å²) in [4.78, 5) is 76.4. The van der Waals surface area contributed by atoms with Crippen LogP contribution in [0.4, 0.5) is 0 Å². The van der Waals surface area contributed by atoms with Gasteiger partial charge in [0.15, 0.2) is 36.3 Å². The minimum Gasteiger partial charge on any atom is -0.453 e. The molecule has 326 valence electrons. The van der Waals surface area contributed by atoms with Crippen LogP contribution in [0.25, 0.3) is 0 Å². The van der Waals surface area contributed by atoms with Gasteiger partial charge in [0.05, 0.1) is 67.5 Å². The summed E-state index contributed by atoms with van der Waals surface area (Å²) >= 11 is 0. The van der Waals surface area contributed by atoms with Crippen molar-refractivity contribution in [2.24, 2.45) is 0 Å². The lowest BCUT2D eigenvalue weighted by molar-refractivity contribution is -0.0294. The van der Waals surface area contributed by atoms with Gasteiger partial charge >= 0.3 is 29.8 Å². The lowest BCUT2D eigenvalue weighted by atomic mass is 10.1. The molecule has 0 N–H and O–H groups in total. The van der Waals surface area contributed by atoms with E-state index in [9.17, 15) is 28.8 Å². The highest BCUT2D eigenvalue weighted by Gasteiger charge is 2.53. The molecule has 0 saturated carbocycles. The van der Waals surface area contributed by atoms with Gasteiger partial charge in [-0.3, -0.25) is 4.79 Å². The number of hydrogen-bond acceptors (Lipinski definition) is 18. The number of carbonyl (C=O) groups excluding carboxylic acids is 6. The van der Waals surface area contributed by atoms with Crippen LogP contribution in [0.15, 0.2) is 72.8 Å². The molecule has 0 radical (unpaired) electrons. The fraction of sp³-hybridized carbons (Fsp3) is 0.455. The third-order valence-corrected chi connectivity index (χ3v) is 11.7. The summed E-state index contributed by atoms with van der Waals surface area (Å²) in [6.45, 7) is 2.06. The SMILES string of the molecule is CO[C@H]1COC2C1OC[C@H]2OC(=O)c1ccc(C(=O)O[C@@H]2COC3C2OC[C@@H]3OC(=O)c2ccc(C(=O)O[C@@H]3COC4C3OC[C@@H]4OC(=O)c3ccc(C(C)=O)cc3)cc2)cc1. The molecule has 3 aromatic carbocycles. The number of fused-ring (bicyclic) bond motifs is 3. The maximum absolute atomic E-state index is 13.1. The average Bonchev–Trinajstić information content (AvgIpc) is 4.15. The van der Waals surface area contributed by atoms with E-state index in [-0.39, 0.29) is 78.8 Å². The first kappa shape index (κ1) is 41.7. The second-order valence-corrected chi connectivity index (χ2v) is 15.6. The van der Waals surface area contributed by atoms with Crippen molar-refractivity contribution in [2.75, 3.05) is 46.8 Å². The van der Waals surface area contributed by atoms with Crippen LogP contribution in [-0.4, -0.2) is 156 Å². The Balaban J connectivity index is 0.716. The van der Waals surface area contributed by atoms with Crippen LogP contribution in [0.1, 0.15) is 69.1 Å². The lowest BCUT2D eigenvalue weighted by Crippen LogP contribution is -2.36. The zero-order valence-corrected chi connectivity index (χ0v) is 33.4. The van der Waals surface area contributed by atoms with E-state index in [1.165, 1.54) is 67.6 Å². The van der Waals surface area contributed by atoms with Crippen LogP contribution in [0.3, 0.4) is 0 Å². The molecular weight excluding hydrogens is 816 g/mol. The number of hydrogen-bond donors (Lipinski definition) is 0. The van der Waals surface area contributed by atoms with Gasteiger partial charge in [0.25, 0.3) is 0 Å². The molecule has 6 fully saturated rings. The first-order valence-corrected chi connectivity index (χ1v) is 20.1. The Morgan fingerprint density at radius 1 is 0.355 bits per heavy atom. The lowest BCUT2D eigenvalue weighted by Gasteiger charge is -2.18. The van der Waals surface area contributed by atoms with Crippen molar-refractivity contribution in [1.29, 1.82) is 0 Å². The number of esters is 5. The zero-order chi connectivity index (χ0) is 43.1. The minimum absolute atomic E-state index is 0.00309. The van der Waals surface area contributed by atoms with Crippen molar-refractivity contribution in [3.8, 4) is 0 Å². The summed E-state index contributed by atoms with van der Waals surface area (Å²) in [6.07, 6.45) is -7.28. The number of Topliss-reactive ketones (excluding diaryl/α,β-unsaturated/α-hetero) is 1. The molecule has 6 unspecified atom stereocenters. The minimum atomic E-state index is -0.793. The summed E-state index contributed by atoms with van der Waals surface area (Å²) in [5.74, 6) is -3.32. The Morgan fingerprint density at radius 2 is 0.548 bits per heavy atom. The third kappa shape index (κ3) is 8.34. The highest BCUT2D eigenvalue weighted by Crippen LogP contribution is 2.34. The highest BCUT2D eigenvalue weighted by atomic mass is 16.7.